The number of carbonyl (C=O) groups excluding carboxylic acids is 1. The van der Waals surface area contributed by atoms with Crippen LogP contribution in [0.4, 0.5) is 5.69 Å². The third-order valence-corrected chi connectivity index (χ3v) is 8.48. The minimum atomic E-state index is -3.58. The van der Waals surface area contributed by atoms with Crippen molar-refractivity contribution < 1.29 is 17.9 Å². The SMILES string of the molecule is CCOc1ccc(S(=O)(=O)N2CCC(C(=O)N3c4ccc(Br)cc4C[C@@H]3C)CC2)cc1. The van der Waals surface area contributed by atoms with Crippen molar-refractivity contribution >= 4 is 37.5 Å². The Bertz CT molecular complexity index is 1060. The van der Waals surface area contributed by atoms with Gasteiger partial charge in [-0.25, -0.2) is 8.42 Å². The van der Waals surface area contributed by atoms with Gasteiger partial charge >= 0.3 is 0 Å². The normalized spacial score (nSPS) is 20.0. The van der Waals surface area contributed by atoms with Crippen molar-refractivity contribution in [1.29, 1.82) is 0 Å². The van der Waals surface area contributed by atoms with E-state index in [9.17, 15) is 13.2 Å². The largest absolute Gasteiger partial charge is 0.494 e. The van der Waals surface area contributed by atoms with E-state index in [1.54, 1.807) is 24.3 Å². The molecule has 0 unspecified atom stereocenters. The molecule has 1 saturated heterocycles. The Balaban J connectivity index is 1.43. The minimum absolute atomic E-state index is 0.103. The lowest BCUT2D eigenvalue weighted by Gasteiger charge is -2.34. The maximum absolute atomic E-state index is 13.3. The lowest BCUT2D eigenvalue weighted by Crippen LogP contribution is -2.46. The van der Waals surface area contributed by atoms with Gasteiger partial charge in [0.25, 0.3) is 0 Å². The molecule has 0 N–H and O–H groups in total. The fourth-order valence-electron chi connectivity index (χ4n) is 4.50. The van der Waals surface area contributed by atoms with Gasteiger partial charge in [0.2, 0.25) is 15.9 Å². The van der Waals surface area contributed by atoms with Crippen molar-refractivity contribution in [2.45, 2.75) is 44.0 Å². The standard InChI is InChI=1S/C23H27BrN2O4S/c1-3-30-20-5-7-21(8-6-20)31(28,29)25-12-10-17(11-13-25)23(27)26-16(2)14-18-15-19(24)4-9-22(18)26/h4-9,15-17H,3,10-14H2,1-2H3/t16-/m0/s1. The Labute approximate surface area is 192 Å². The van der Waals surface area contributed by atoms with Crippen LogP contribution in [0.2, 0.25) is 0 Å². The molecule has 4 rings (SSSR count). The highest BCUT2D eigenvalue weighted by atomic mass is 79.9. The van der Waals surface area contributed by atoms with Gasteiger partial charge in [-0.15, -0.1) is 0 Å². The average Bonchev–Trinajstić information content (AvgIpc) is 3.08. The molecule has 0 bridgehead atoms. The summed E-state index contributed by atoms with van der Waals surface area (Å²) in [5, 5.41) is 0. The van der Waals surface area contributed by atoms with Crippen LogP contribution in [0.1, 0.15) is 32.3 Å². The summed E-state index contributed by atoms with van der Waals surface area (Å²) in [6.07, 6.45) is 1.90. The molecule has 6 nitrogen and oxygen atoms in total. The monoisotopic (exact) mass is 506 g/mol. The van der Waals surface area contributed by atoms with Gasteiger partial charge < -0.3 is 9.64 Å². The van der Waals surface area contributed by atoms with Gasteiger partial charge in [0.15, 0.2) is 0 Å². The van der Waals surface area contributed by atoms with Gasteiger partial charge in [-0.3, -0.25) is 4.79 Å². The summed E-state index contributed by atoms with van der Waals surface area (Å²) in [6, 6.07) is 12.7. The first kappa shape index (κ1) is 22.3. The van der Waals surface area contributed by atoms with Crippen molar-refractivity contribution in [3.05, 3.63) is 52.5 Å². The quantitative estimate of drug-likeness (QED) is 0.608. The summed E-state index contributed by atoms with van der Waals surface area (Å²) >= 11 is 3.50. The lowest BCUT2D eigenvalue weighted by molar-refractivity contribution is -0.123. The van der Waals surface area contributed by atoms with Gasteiger partial charge in [-0.1, -0.05) is 15.9 Å². The van der Waals surface area contributed by atoms with Crippen LogP contribution in [0.15, 0.2) is 51.8 Å². The number of hydrogen-bond donors (Lipinski definition) is 0. The molecular weight excluding hydrogens is 480 g/mol. The van der Waals surface area contributed by atoms with Gasteiger partial charge in [-0.2, -0.15) is 4.31 Å². The number of fused-ring (bicyclic) bond motifs is 1. The number of ether oxygens (including phenoxy) is 1. The van der Waals surface area contributed by atoms with E-state index >= 15 is 0 Å². The van der Waals surface area contributed by atoms with Crippen molar-refractivity contribution in [2.75, 3.05) is 24.6 Å². The molecule has 0 saturated carbocycles. The molecule has 2 aliphatic heterocycles. The van der Waals surface area contributed by atoms with Crippen LogP contribution in [-0.2, 0) is 21.2 Å². The molecule has 2 aromatic carbocycles. The van der Waals surface area contributed by atoms with Crippen molar-refractivity contribution in [2.24, 2.45) is 5.92 Å². The Hall–Kier alpha value is -1.90. The second-order valence-electron chi connectivity index (χ2n) is 8.12. The molecule has 31 heavy (non-hydrogen) atoms. The van der Waals surface area contributed by atoms with Gasteiger partial charge in [0, 0.05) is 35.2 Å². The Kier molecular flexibility index (Phi) is 6.42. The third kappa shape index (κ3) is 4.38. The van der Waals surface area contributed by atoms with Crippen molar-refractivity contribution in [1.82, 2.24) is 4.31 Å². The predicted octanol–water partition coefficient (Wildman–Crippen LogP) is 4.23. The summed E-state index contributed by atoms with van der Waals surface area (Å²) in [7, 11) is -3.58. The fraction of sp³-hybridized carbons (Fsp3) is 0.435. The summed E-state index contributed by atoms with van der Waals surface area (Å²) in [6.45, 7) is 5.18. The first-order valence-corrected chi connectivity index (χ1v) is 12.9. The molecule has 166 valence electrons. The molecule has 1 fully saturated rings. The van der Waals surface area contributed by atoms with E-state index in [2.05, 4.69) is 28.9 Å². The maximum atomic E-state index is 13.3. The zero-order chi connectivity index (χ0) is 22.2. The maximum Gasteiger partial charge on any atom is 0.243 e. The highest BCUT2D eigenvalue weighted by Crippen LogP contribution is 2.36. The van der Waals surface area contributed by atoms with E-state index in [4.69, 9.17) is 4.74 Å². The Morgan fingerprint density at radius 1 is 1.13 bits per heavy atom. The molecule has 1 atom stereocenters. The van der Waals surface area contributed by atoms with Crippen LogP contribution in [0.25, 0.3) is 0 Å². The number of benzene rings is 2. The number of nitrogens with zero attached hydrogens (tertiary/aromatic N) is 2. The van der Waals surface area contributed by atoms with Crippen LogP contribution < -0.4 is 9.64 Å². The van der Waals surface area contributed by atoms with E-state index < -0.39 is 10.0 Å². The van der Waals surface area contributed by atoms with Gasteiger partial charge in [0.1, 0.15) is 5.75 Å². The number of amides is 1. The van der Waals surface area contributed by atoms with E-state index in [0.29, 0.717) is 38.3 Å². The van der Waals surface area contributed by atoms with Crippen LogP contribution >= 0.6 is 15.9 Å². The number of halogens is 1. The number of piperidine rings is 1. The van der Waals surface area contributed by atoms with Gasteiger partial charge in [-0.05, 0) is 81.1 Å². The number of rotatable bonds is 5. The highest BCUT2D eigenvalue weighted by molar-refractivity contribution is 9.10. The summed E-state index contributed by atoms with van der Waals surface area (Å²) in [5.41, 5.74) is 2.15. The van der Waals surface area contributed by atoms with Crippen molar-refractivity contribution in [3.63, 3.8) is 0 Å². The first-order valence-electron chi connectivity index (χ1n) is 10.7. The molecule has 0 aliphatic carbocycles. The molecule has 0 radical (unpaired) electrons. The first-order chi connectivity index (χ1) is 14.8. The highest BCUT2D eigenvalue weighted by Gasteiger charge is 2.38. The third-order valence-electron chi connectivity index (χ3n) is 6.07. The number of sulfonamides is 1. The minimum Gasteiger partial charge on any atom is -0.494 e. The van der Waals surface area contributed by atoms with Crippen LogP contribution in [0, 0.1) is 5.92 Å². The molecule has 0 spiro atoms. The molecule has 2 aliphatic rings. The Morgan fingerprint density at radius 3 is 2.45 bits per heavy atom. The molecule has 0 aromatic heterocycles. The predicted molar refractivity (Wildman–Crippen MR) is 124 cm³/mol. The van der Waals surface area contributed by atoms with E-state index in [1.165, 1.54) is 9.87 Å². The topological polar surface area (TPSA) is 66.9 Å². The zero-order valence-corrected chi connectivity index (χ0v) is 20.2. The summed E-state index contributed by atoms with van der Waals surface area (Å²) < 4.78 is 33.9. The molecule has 2 aromatic rings. The number of hydrogen-bond acceptors (Lipinski definition) is 4. The summed E-state index contributed by atoms with van der Waals surface area (Å²) in [5.74, 6) is 0.591. The van der Waals surface area contributed by atoms with Gasteiger partial charge in [0.05, 0.1) is 11.5 Å². The number of anilines is 1. The molecular formula is C23H27BrN2O4S. The average molecular weight is 507 g/mol. The molecule has 1 amide bonds. The summed E-state index contributed by atoms with van der Waals surface area (Å²) in [4.78, 5) is 15.5. The Morgan fingerprint density at radius 2 is 1.81 bits per heavy atom. The zero-order valence-electron chi connectivity index (χ0n) is 17.8. The van der Waals surface area contributed by atoms with Crippen LogP contribution in [0.3, 0.4) is 0 Å². The molecule has 8 heteroatoms. The van der Waals surface area contributed by atoms with Crippen LogP contribution in [-0.4, -0.2) is 44.4 Å². The van der Waals surface area contributed by atoms with Crippen molar-refractivity contribution in [3.8, 4) is 5.75 Å². The second-order valence-corrected chi connectivity index (χ2v) is 11.0. The lowest BCUT2D eigenvalue weighted by atomic mass is 9.96. The fourth-order valence-corrected chi connectivity index (χ4v) is 6.38. The van der Waals surface area contributed by atoms with E-state index in [0.717, 1.165) is 16.6 Å². The molecule has 2 heterocycles. The van der Waals surface area contributed by atoms with E-state index in [-0.39, 0.29) is 22.8 Å². The number of carbonyl (C=O) groups is 1. The van der Waals surface area contributed by atoms with Crippen LogP contribution in [0.5, 0.6) is 5.75 Å². The second kappa shape index (κ2) is 8.92. The van der Waals surface area contributed by atoms with E-state index in [1.807, 2.05) is 24.0 Å². The smallest absolute Gasteiger partial charge is 0.243 e.